The van der Waals surface area contributed by atoms with Crippen LogP contribution in [-0.4, -0.2) is 10.9 Å². The molecule has 1 aliphatic heterocycles. The molecule has 2 aromatic carbocycles. The predicted octanol–water partition coefficient (Wildman–Crippen LogP) is 5.22. The minimum absolute atomic E-state index is 0.394. The Morgan fingerprint density at radius 1 is 1.11 bits per heavy atom. The van der Waals surface area contributed by atoms with Gasteiger partial charge in [-0.2, -0.15) is 18.2 Å². The van der Waals surface area contributed by atoms with Crippen molar-refractivity contribution in [2.75, 3.05) is 5.32 Å². The van der Waals surface area contributed by atoms with E-state index in [9.17, 15) is 18.0 Å². The number of nitrogens with zero attached hydrogens (tertiary/aromatic N) is 1. The molecule has 1 amide bonds. The Hall–Kier alpha value is -3.00. The van der Waals surface area contributed by atoms with Crippen LogP contribution in [0.15, 0.2) is 53.1 Å². The second kappa shape index (κ2) is 6.31. The summed E-state index contributed by atoms with van der Waals surface area (Å²) < 4.78 is 48.5. The number of fused-ring (bicyclic) bond motifs is 2. The summed E-state index contributed by atoms with van der Waals surface area (Å²) in [5.41, 5.74) is -0.192. The van der Waals surface area contributed by atoms with E-state index >= 15 is 0 Å². The quantitative estimate of drug-likeness (QED) is 0.647. The van der Waals surface area contributed by atoms with Crippen molar-refractivity contribution in [2.45, 2.75) is 12.1 Å². The second-order valence-electron chi connectivity index (χ2n) is 5.78. The maximum absolute atomic E-state index is 12.9. The van der Waals surface area contributed by atoms with Crippen LogP contribution in [-0.2, 0) is 11.0 Å². The fourth-order valence-corrected chi connectivity index (χ4v) is 3.04. The van der Waals surface area contributed by atoms with Gasteiger partial charge in [0.1, 0.15) is 17.8 Å². The molecule has 0 aliphatic carbocycles. The van der Waals surface area contributed by atoms with Crippen molar-refractivity contribution >= 4 is 23.5 Å². The summed E-state index contributed by atoms with van der Waals surface area (Å²) in [6.45, 7) is 0. The van der Waals surface area contributed by atoms with Crippen molar-refractivity contribution < 1.29 is 27.1 Å². The van der Waals surface area contributed by atoms with Crippen molar-refractivity contribution in [2.24, 2.45) is 0 Å². The number of para-hydroxylation sites is 1. The predicted molar refractivity (Wildman–Crippen MR) is 89.9 cm³/mol. The van der Waals surface area contributed by atoms with Crippen LogP contribution in [0.1, 0.15) is 22.7 Å². The number of benzene rings is 2. The Balaban J connectivity index is 1.71. The molecular formula is C18H10ClF3N2O3. The monoisotopic (exact) mass is 394 g/mol. The normalized spacial score (nSPS) is 15.5. The zero-order valence-corrected chi connectivity index (χ0v) is 14.1. The SMILES string of the molecule is O=C(Nc1nc(C(F)(F)F)co1)C1c2ccccc2Oc2ccc(Cl)cc21. The van der Waals surface area contributed by atoms with Crippen molar-refractivity contribution in [3.8, 4) is 11.5 Å². The van der Waals surface area contributed by atoms with E-state index in [2.05, 4.69) is 10.3 Å². The number of carbonyl (C=O) groups excluding carboxylic acids is 1. The number of hydrogen-bond acceptors (Lipinski definition) is 4. The summed E-state index contributed by atoms with van der Waals surface area (Å²) >= 11 is 6.04. The first kappa shape index (κ1) is 17.4. The molecule has 0 bridgehead atoms. The maximum atomic E-state index is 12.9. The molecule has 2 heterocycles. The van der Waals surface area contributed by atoms with E-state index in [1.54, 1.807) is 42.5 Å². The molecule has 1 aromatic heterocycles. The Bertz CT molecular complexity index is 1030. The summed E-state index contributed by atoms with van der Waals surface area (Å²) in [7, 11) is 0. The minimum Gasteiger partial charge on any atom is -0.457 e. The number of carbonyl (C=O) groups is 1. The summed E-state index contributed by atoms with van der Waals surface area (Å²) in [5, 5.41) is 2.68. The molecule has 1 unspecified atom stereocenters. The average Bonchev–Trinajstić information content (AvgIpc) is 3.08. The molecule has 0 radical (unpaired) electrons. The molecule has 0 fully saturated rings. The minimum atomic E-state index is -4.67. The van der Waals surface area contributed by atoms with Crippen LogP contribution in [0.4, 0.5) is 19.2 Å². The highest BCUT2D eigenvalue weighted by atomic mass is 35.5. The molecule has 4 rings (SSSR count). The number of amides is 1. The van der Waals surface area contributed by atoms with Crippen molar-refractivity contribution in [1.82, 2.24) is 4.98 Å². The van der Waals surface area contributed by atoms with Crippen LogP contribution in [0.3, 0.4) is 0 Å². The van der Waals surface area contributed by atoms with Gasteiger partial charge in [0.25, 0.3) is 0 Å². The lowest BCUT2D eigenvalue weighted by molar-refractivity contribution is -0.141. The topological polar surface area (TPSA) is 64.4 Å². The van der Waals surface area contributed by atoms with E-state index in [-0.39, 0.29) is 0 Å². The van der Waals surface area contributed by atoms with Crippen LogP contribution in [0.25, 0.3) is 0 Å². The smallest absolute Gasteiger partial charge is 0.436 e. The van der Waals surface area contributed by atoms with Crippen LogP contribution in [0.5, 0.6) is 11.5 Å². The second-order valence-corrected chi connectivity index (χ2v) is 6.22. The lowest BCUT2D eigenvalue weighted by Gasteiger charge is -2.27. The zero-order chi connectivity index (χ0) is 19.2. The zero-order valence-electron chi connectivity index (χ0n) is 13.4. The van der Waals surface area contributed by atoms with Gasteiger partial charge in [0.15, 0.2) is 5.69 Å². The van der Waals surface area contributed by atoms with E-state index in [0.717, 1.165) is 0 Å². The molecule has 1 atom stereocenters. The third-order valence-corrected chi connectivity index (χ3v) is 4.25. The first-order valence-corrected chi connectivity index (χ1v) is 8.10. The highest BCUT2D eigenvalue weighted by Crippen LogP contribution is 2.45. The van der Waals surface area contributed by atoms with Gasteiger partial charge in [0.2, 0.25) is 5.91 Å². The van der Waals surface area contributed by atoms with Crippen molar-refractivity contribution in [1.29, 1.82) is 0 Å². The number of aromatic nitrogens is 1. The van der Waals surface area contributed by atoms with E-state index in [0.29, 0.717) is 33.9 Å². The lowest BCUT2D eigenvalue weighted by atomic mass is 9.87. The number of nitrogens with one attached hydrogen (secondary N) is 1. The van der Waals surface area contributed by atoms with Gasteiger partial charge in [0, 0.05) is 16.1 Å². The summed E-state index contributed by atoms with van der Waals surface area (Å²) in [6, 6.07) is 11.1. The fourth-order valence-electron chi connectivity index (χ4n) is 2.86. The molecule has 138 valence electrons. The number of rotatable bonds is 2. The fraction of sp³-hybridized carbons (Fsp3) is 0.111. The Morgan fingerprint density at radius 3 is 2.59 bits per heavy atom. The first-order valence-electron chi connectivity index (χ1n) is 7.73. The van der Waals surface area contributed by atoms with Gasteiger partial charge in [-0.15, -0.1) is 0 Å². The molecule has 3 aromatic rings. The Morgan fingerprint density at radius 2 is 1.85 bits per heavy atom. The third kappa shape index (κ3) is 3.23. The average molecular weight is 395 g/mol. The van der Waals surface area contributed by atoms with E-state index in [1.165, 1.54) is 0 Å². The first-order chi connectivity index (χ1) is 12.8. The molecule has 1 aliphatic rings. The van der Waals surface area contributed by atoms with Gasteiger partial charge >= 0.3 is 12.2 Å². The van der Waals surface area contributed by atoms with Crippen molar-refractivity contribution in [3.63, 3.8) is 0 Å². The van der Waals surface area contributed by atoms with Crippen LogP contribution in [0, 0.1) is 0 Å². The summed E-state index contributed by atoms with van der Waals surface area (Å²) in [6.07, 6.45) is -4.23. The largest absolute Gasteiger partial charge is 0.457 e. The number of hydrogen-bond donors (Lipinski definition) is 1. The molecular weight excluding hydrogens is 385 g/mol. The van der Waals surface area contributed by atoms with E-state index < -0.39 is 29.7 Å². The standard InChI is InChI=1S/C18H10ClF3N2O3/c19-9-5-6-13-11(7-9)15(10-3-1-2-4-12(10)27-13)16(25)24-17-23-14(8-26-17)18(20,21)22/h1-8,15H,(H,23,24,25). The van der Waals surface area contributed by atoms with Crippen LogP contribution in [0.2, 0.25) is 5.02 Å². The van der Waals surface area contributed by atoms with E-state index in [1.807, 2.05) is 0 Å². The van der Waals surface area contributed by atoms with E-state index in [4.69, 9.17) is 20.8 Å². The lowest BCUT2D eigenvalue weighted by Crippen LogP contribution is -2.25. The van der Waals surface area contributed by atoms with Gasteiger partial charge < -0.3 is 9.15 Å². The number of alkyl halides is 3. The van der Waals surface area contributed by atoms with Gasteiger partial charge in [-0.25, -0.2) is 0 Å². The maximum Gasteiger partial charge on any atom is 0.436 e. The number of ether oxygens (including phenoxy) is 1. The number of anilines is 1. The number of oxazole rings is 1. The van der Waals surface area contributed by atoms with Gasteiger partial charge in [-0.1, -0.05) is 29.8 Å². The Labute approximate surface area is 155 Å². The molecule has 1 N–H and O–H groups in total. The molecule has 0 spiro atoms. The van der Waals surface area contributed by atoms with Crippen LogP contribution >= 0.6 is 11.6 Å². The summed E-state index contributed by atoms with van der Waals surface area (Å²) in [5.74, 6) is -0.577. The third-order valence-electron chi connectivity index (χ3n) is 4.02. The van der Waals surface area contributed by atoms with Crippen molar-refractivity contribution in [3.05, 3.63) is 70.6 Å². The highest BCUT2D eigenvalue weighted by Gasteiger charge is 2.36. The van der Waals surface area contributed by atoms with Gasteiger partial charge in [-0.05, 0) is 24.3 Å². The molecule has 9 heteroatoms. The van der Waals surface area contributed by atoms with Crippen LogP contribution < -0.4 is 10.1 Å². The molecule has 0 saturated heterocycles. The number of halogens is 4. The Kier molecular flexibility index (Phi) is 4.07. The molecule has 27 heavy (non-hydrogen) atoms. The summed E-state index contributed by atoms with van der Waals surface area (Å²) in [4.78, 5) is 16.1. The molecule has 5 nitrogen and oxygen atoms in total. The van der Waals surface area contributed by atoms with Gasteiger partial charge in [0.05, 0.1) is 5.92 Å². The highest BCUT2D eigenvalue weighted by molar-refractivity contribution is 6.30. The van der Waals surface area contributed by atoms with Gasteiger partial charge in [-0.3, -0.25) is 10.1 Å². The molecule has 0 saturated carbocycles.